The minimum atomic E-state index is -1.45. The fourth-order valence-electron chi connectivity index (χ4n) is 0.341. The number of hydrogen-bond acceptors (Lipinski definition) is 7. The number of ether oxygens (including phenoxy) is 4. The van der Waals surface area contributed by atoms with Gasteiger partial charge in [-0.2, -0.15) is 0 Å². The van der Waals surface area contributed by atoms with Crippen molar-refractivity contribution in [3.63, 3.8) is 0 Å². The van der Waals surface area contributed by atoms with Gasteiger partial charge in [-0.15, -0.1) is 0 Å². The number of rotatable bonds is 3. The molecule has 0 aliphatic heterocycles. The molecule has 0 amide bonds. The Morgan fingerprint density at radius 1 is 0.875 bits per heavy atom. The van der Waals surface area contributed by atoms with Crippen molar-refractivity contribution in [3.05, 3.63) is 0 Å². The highest BCUT2D eigenvalue weighted by atomic mass is 16.7. The SMILES string of the molecule is COC(=O)OC.O=C(O)OCCOC(=O)O. The van der Waals surface area contributed by atoms with Crippen molar-refractivity contribution in [2.24, 2.45) is 0 Å². The zero-order valence-corrected chi connectivity index (χ0v) is 8.67. The number of carbonyl (C=O) groups is 3. The molecule has 0 aliphatic carbocycles. The highest BCUT2D eigenvalue weighted by molar-refractivity contribution is 5.59. The van der Waals surface area contributed by atoms with E-state index >= 15 is 0 Å². The van der Waals surface area contributed by atoms with Gasteiger partial charge in [0.25, 0.3) is 0 Å². The topological polar surface area (TPSA) is 129 Å². The van der Waals surface area contributed by atoms with E-state index < -0.39 is 18.5 Å². The van der Waals surface area contributed by atoms with Gasteiger partial charge < -0.3 is 29.2 Å². The first-order chi connectivity index (χ1) is 7.43. The summed E-state index contributed by atoms with van der Waals surface area (Å²) in [5.41, 5.74) is 0. The Balaban J connectivity index is 0. The van der Waals surface area contributed by atoms with Crippen LogP contribution in [0.15, 0.2) is 0 Å². The van der Waals surface area contributed by atoms with Gasteiger partial charge in [-0.3, -0.25) is 0 Å². The van der Waals surface area contributed by atoms with E-state index in [9.17, 15) is 14.4 Å². The molecule has 0 saturated heterocycles. The molecule has 0 aliphatic rings. The molecule has 0 aromatic rings. The van der Waals surface area contributed by atoms with Crippen LogP contribution in [-0.4, -0.2) is 56.1 Å². The Bertz CT molecular complexity index is 202. The van der Waals surface area contributed by atoms with Gasteiger partial charge in [-0.25, -0.2) is 14.4 Å². The lowest BCUT2D eigenvalue weighted by atomic mass is 10.8. The largest absolute Gasteiger partial charge is 0.507 e. The van der Waals surface area contributed by atoms with Crippen LogP contribution in [-0.2, 0) is 18.9 Å². The molecule has 0 aromatic carbocycles. The predicted molar refractivity (Wildman–Crippen MR) is 47.4 cm³/mol. The molecular weight excluding hydrogens is 228 g/mol. The highest BCUT2D eigenvalue weighted by Crippen LogP contribution is 1.79. The summed E-state index contributed by atoms with van der Waals surface area (Å²) in [7, 11) is 2.51. The molecule has 0 bridgehead atoms. The van der Waals surface area contributed by atoms with Crippen LogP contribution in [0.3, 0.4) is 0 Å². The maximum atomic E-state index is 9.74. The van der Waals surface area contributed by atoms with E-state index in [4.69, 9.17) is 10.2 Å². The second-order valence-corrected chi connectivity index (χ2v) is 1.89. The van der Waals surface area contributed by atoms with Crippen LogP contribution in [0.1, 0.15) is 0 Å². The summed E-state index contributed by atoms with van der Waals surface area (Å²) in [5, 5.41) is 15.7. The van der Waals surface area contributed by atoms with Gasteiger partial charge in [0.2, 0.25) is 0 Å². The average molecular weight is 240 g/mol. The molecule has 0 radical (unpaired) electrons. The molecule has 9 nitrogen and oxygen atoms in total. The van der Waals surface area contributed by atoms with Crippen molar-refractivity contribution in [3.8, 4) is 0 Å². The summed E-state index contributed by atoms with van der Waals surface area (Å²) in [4.78, 5) is 29.0. The standard InChI is InChI=1S/C4H6O6.C3H6O3/c5-3(6)9-1-2-10-4(7)8;1-5-3(4)6-2/h1-2H2,(H,5,6)(H,7,8);1-2H3. The van der Waals surface area contributed by atoms with Crippen LogP contribution in [0.5, 0.6) is 0 Å². The average Bonchev–Trinajstić information content (AvgIpc) is 2.23. The third-order valence-corrected chi connectivity index (χ3v) is 0.868. The normalized spacial score (nSPS) is 7.88. The number of carboxylic acid groups (broad SMARTS) is 2. The smallest absolute Gasteiger partial charge is 0.450 e. The summed E-state index contributed by atoms with van der Waals surface area (Å²) in [6.45, 7) is -0.552. The maximum absolute atomic E-state index is 9.74. The van der Waals surface area contributed by atoms with Gasteiger partial charge in [-0.1, -0.05) is 0 Å². The second-order valence-electron chi connectivity index (χ2n) is 1.89. The third-order valence-electron chi connectivity index (χ3n) is 0.868. The van der Waals surface area contributed by atoms with Gasteiger partial charge in [0.1, 0.15) is 13.2 Å². The van der Waals surface area contributed by atoms with Crippen molar-refractivity contribution in [2.75, 3.05) is 27.4 Å². The van der Waals surface area contributed by atoms with Gasteiger partial charge in [0.15, 0.2) is 0 Å². The summed E-state index contributed by atoms with van der Waals surface area (Å²) >= 11 is 0. The Labute approximate surface area is 90.5 Å². The Kier molecular flexibility index (Phi) is 11.1. The molecule has 0 saturated carbocycles. The lowest BCUT2D eigenvalue weighted by Gasteiger charge is -1.98. The molecular formula is C7H12O9. The van der Waals surface area contributed by atoms with Crippen LogP contribution in [0.2, 0.25) is 0 Å². The fraction of sp³-hybridized carbons (Fsp3) is 0.571. The minimum absolute atomic E-state index is 0.276. The van der Waals surface area contributed by atoms with Gasteiger partial charge in [-0.05, 0) is 0 Å². The molecule has 0 fully saturated rings. The van der Waals surface area contributed by atoms with Crippen molar-refractivity contribution >= 4 is 18.5 Å². The number of hydrogen-bond donors (Lipinski definition) is 2. The minimum Gasteiger partial charge on any atom is -0.450 e. The maximum Gasteiger partial charge on any atom is 0.507 e. The van der Waals surface area contributed by atoms with Crippen LogP contribution in [0, 0.1) is 0 Å². The molecule has 2 N–H and O–H groups in total. The zero-order chi connectivity index (χ0) is 13.0. The van der Waals surface area contributed by atoms with E-state index in [0.717, 1.165) is 0 Å². The monoisotopic (exact) mass is 240 g/mol. The molecule has 0 spiro atoms. The first-order valence-electron chi connectivity index (χ1n) is 3.77. The number of carbonyl (C=O) groups excluding carboxylic acids is 1. The second kappa shape index (κ2) is 10.9. The van der Waals surface area contributed by atoms with Crippen LogP contribution in [0.4, 0.5) is 14.4 Å². The molecule has 0 aromatic heterocycles. The fourth-order valence-corrected chi connectivity index (χ4v) is 0.341. The van der Waals surface area contributed by atoms with Crippen LogP contribution in [0.25, 0.3) is 0 Å². The molecule has 94 valence electrons. The van der Waals surface area contributed by atoms with Gasteiger partial charge in [0.05, 0.1) is 14.2 Å². The predicted octanol–water partition coefficient (Wildman–Crippen LogP) is 0.775. The summed E-state index contributed by atoms with van der Waals surface area (Å²) in [6, 6.07) is 0. The molecule has 0 atom stereocenters. The first-order valence-corrected chi connectivity index (χ1v) is 3.77. The van der Waals surface area contributed by atoms with E-state index in [-0.39, 0.29) is 13.2 Å². The molecule has 0 heterocycles. The zero-order valence-electron chi connectivity index (χ0n) is 8.67. The van der Waals surface area contributed by atoms with E-state index in [1.54, 1.807) is 0 Å². The summed E-state index contributed by atoms with van der Waals surface area (Å²) < 4.78 is 15.9. The number of methoxy groups -OCH3 is 2. The quantitative estimate of drug-likeness (QED) is 0.417. The van der Waals surface area contributed by atoms with Crippen molar-refractivity contribution in [2.45, 2.75) is 0 Å². The van der Waals surface area contributed by atoms with Crippen LogP contribution < -0.4 is 0 Å². The van der Waals surface area contributed by atoms with Gasteiger partial charge >= 0.3 is 18.5 Å². The van der Waals surface area contributed by atoms with Crippen LogP contribution >= 0.6 is 0 Å². The van der Waals surface area contributed by atoms with Crippen molar-refractivity contribution in [1.82, 2.24) is 0 Å². The lowest BCUT2D eigenvalue weighted by Crippen LogP contribution is -2.10. The summed E-state index contributed by atoms with van der Waals surface area (Å²) in [6.07, 6.45) is -3.56. The summed E-state index contributed by atoms with van der Waals surface area (Å²) in [5.74, 6) is 0. The third kappa shape index (κ3) is 17.8. The lowest BCUT2D eigenvalue weighted by molar-refractivity contribution is 0.0472. The van der Waals surface area contributed by atoms with E-state index in [0.29, 0.717) is 0 Å². The molecule has 0 unspecified atom stereocenters. The Hall–Kier alpha value is -2.19. The molecule has 16 heavy (non-hydrogen) atoms. The van der Waals surface area contributed by atoms with E-state index in [2.05, 4.69) is 18.9 Å². The Morgan fingerprint density at radius 2 is 1.19 bits per heavy atom. The molecule has 0 rings (SSSR count). The first kappa shape index (κ1) is 16.2. The molecule has 9 heteroatoms. The van der Waals surface area contributed by atoms with E-state index in [1.165, 1.54) is 14.2 Å². The Morgan fingerprint density at radius 3 is 1.31 bits per heavy atom. The van der Waals surface area contributed by atoms with Crippen molar-refractivity contribution < 1.29 is 43.5 Å². The van der Waals surface area contributed by atoms with Gasteiger partial charge in [0, 0.05) is 0 Å². The van der Waals surface area contributed by atoms with E-state index in [1.807, 2.05) is 0 Å². The van der Waals surface area contributed by atoms with Crippen molar-refractivity contribution in [1.29, 1.82) is 0 Å². The highest BCUT2D eigenvalue weighted by Gasteiger charge is 1.98.